The largest absolute Gasteiger partial charge is 0.502 e. The molecule has 0 bridgehead atoms. The first-order valence-electron chi connectivity index (χ1n) is 15.0. The lowest BCUT2D eigenvalue weighted by Crippen LogP contribution is -2.09. The van der Waals surface area contributed by atoms with E-state index >= 15 is 0 Å². The van der Waals surface area contributed by atoms with Crippen molar-refractivity contribution in [1.82, 2.24) is 0 Å². The second kappa shape index (κ2) is 23.2. The third-order valence-corrected chi connectivity index (χ3v) is 6.77. The van der Waals surface area contributed by atoms with Crippen LogP contribution in [0, 0.1) is 0 Å². The third kappa shape index (κ3) is 17.4. The summed E-state index contributed by atoms with van der Waals surface area (Å²) in [7, 11) is 2.85. The van der Waals surface area contributed by atoms with Crippen LogP contribution in [0.1, 0.15) is 128 Å². The summed E-state index contributed by atoms with van der Waals surface area (Å²) in [5.74, 6) is -0.904. The number of carbonyl (C=O) groups excluding carboxylic acids is 2. The number of hydrogen-bond donors (Lipinski definition) is 1. The quantitative estimate of drug-likeness (QED) is 0.0486. The molecule has 0 atom stereocenters. The molecule has 0 unspecified atom stereocenters. The fourth-order valence-electron chi connectivity index (χ4n) is 4.42. The molecule has 0 saturated carbocycles. The second-order valence-corrected chi connectivity index (χ2v) is 10.1. The van der Waals surface area contributed by atoms with Crippen LogP contribution in [-0.4, -0.2) is 31.3 Å². The van der Waals surface area contributed by atoms with E-state index in [0.29, 0.717) is 5.56 Å². The molecule has 0 amide bonds. The average Bonchev–Trinajstić information content (AvgIpc) is 2.93. The highest BCUT2D eigenvalue weighted by molar-refractivity contribution is 5.94. The summed E-state index contributed by atoms with van der Waals surface area (Å²) in [5.41, 5.74) is 0.571. The molecule has 0 aliphatic carbocycles. The molecule has 0 fully saturated rings. The Balaban J connectivity index is 2.00. The number of rotatable bonds is 23. The van der Waals surface area contributed by atoms with Crippen LogP contribution in [0.3, 0.4) is 0 Å². The van der Waals surface area contributed by atoms with Crippen LogP contribution < -0.4 is 9.47 Å². The van der Waals surface area contributed by atoms with Crippen LogP contribution in [0.15, 0.2) is 30.4 Å². The summed E-state index contributed by atoms with van der Waals surface area (Å²) in [6.07, 6.45) is 28.7. The van der Waals surface area contributed by atoms with Crippen LogP contribution in [0.5, 0.6) is 17.2 Å². The molecule has 0 aromatic heterocycles. The van der Waals surface area contributed by atoms with Gasteiger partial charge >= 0.3 is 11.9 Å². The van der Waals surface area contributed by atoms with Gasteiger partial charge in [-0.1, -0.05) is 96.1 Å². The van der Waals surface area contributed by atoms with Crippen molar-refractivity contribution in [3.8, 4) is 17.2 Å². The molecule has 0 spiro atoms. The molecular weight excluding hydrogens is 492 g/mol. The van der Waals surface area contributed by atoms with Gasteiger partial charge in [-0.2, -0.15) is 0 Å². The Hall–Kier alpha value is -2.76. The molecule has 6 heteroatoms. The number of ether oxygens (including phenoxy) is 3. The Labute approximate surface area is 236 Å². The maximum atomic E-state index is 12.0. The number of methoxy groups -OCH3 is 2. The molecule has 1 rings (SSSR count). The van der Waals surface area contributed by atoms with Crippen LogP contribution in [0.4, 0.5) is 0 Å². The van der Waals surface area contributed by atoms with Crippen LogP contribution >= 0.6 is 0 Å². The summed E-state index contributed by atoms with van der Waals surface area (Å²) in [5, 5.41) is 9.95. The van der Waals surface area contributed by atoms with Crippen LogP contribution in [-0.2, 0) is 14.3 Å². The molecule has 220 valence electrons. The standard InChI is InChI=1S/C33H52O6/c1-4-5-6-7-8-9-10-11-12-13-14-15-16-17-18-19-20-21-22-23-31(34)39-32(35)25-24-28-26-29(37-2)33(36)30(27-28)38-3/h11-12,24-27,36H,4-10,13-23H2,1-3H3/b12-11-,25-24+. The van der Waals surface area contributed by atoms with Gasteiger partial charge in [-0.25, -0.2) is 4.79 Å². The Kier molecular flexibility index (Phi) is 20.3. The van der Waals surface area contributed by atoms with Crippen molar-refractivity contribution in [2.75, 3.05) is 14.2 Å². The van der Waals surface area contributed by atoms with Gasteiger partial charge in [0, 0.05) is 12.5 Å². The van der Waals surface area contributed by atoms with E-state index in [9.17, 15) is 14.7 Å². The molecule has 1 aromatic carbocycles. The number of allylic oxidation sites excluding steroid dienone is 2. The first-order valence-corrected chi connectivity index (χ1v) is 15.0. The number of carbonyl (C=O) groups is 2. The van der Waals surface area contributed by atoms with Crippen molar-refractivity contribution < 1.29 is 28.9 Å². The number of phenolic OH excluding ortho intramolecular Hbond substituents is 1. The van der Waals surface area contributed by atoms with Crippen molar-refractivity contribution in [1.29, 1.82) is 0 Å². The SMILES string of the molecule is CCCCCCCC/C=C\CCCCCCCCCCCC(=O)OC(=O)/C=C/c1cc(OC)c(O)c(OC)c1. The van der Waals surface area contributed by atoms with E-state index < -0.39 is 11.9 Å². The summed E-state index contributed by atoms with van der Waals surface area (Å²) in [6, 6.07) is 3.11. The number of unbranched alkanes of at least 4 members (excludes halogenated alkanes) is 15. The number of benzene rings is 1. The zero-order valence-corrected chi connectivity index (χ0v) is 24.7. The number of phenols is 1. The van der Waals surface area contributed by atoms with Gasteiger partial charge in [0.05, 0.1) is 14.2 Å². The van der Waals surface area contributed by atoms with Crippen molar-refractivity contribution in [2.24, 2.45) is 0 Å². The molecule has 1 aromatic rings. The summed E-state index contributed by atoms with van der Waals surface area (Å²) in [4.78, 5) is 23.9. The van der Waals surface area contributed by atoms with Crippen LogP contribution in [0.2, 0.25) is 0 Å². The van der Waals surface area contributed by atoms with Crippen molar-refractivity contribution >= 4 is 18.0 Å². The summed E-state index contributed by atoms with van der Waals surface area (Å²) < 4.78 is 15.0. The number of aromatic hydroxyl groups is 1. The molecule has 0 heterocycles. The first kappa shape index (κ1) is 34.3. The van der Waals surface area contributed by atoms with Gasteiger partial charge in [0.15, 0.2) is 11.5 Å². The monoisotopic (exact) mass is 544 g/mol. The second-order valence-electron chi connectivity index (χ2n) is 10.1. The molecule has 39 heavy (non-hydrogen) atoms. The van der Waals surface area contributed by atoms with Crippen LogP contribution in [0.25, 0.3) is 6.08 Å². The van der Waals surface area contributed by atoms with E-state index in [0.717, 1.165) is 19.3 Å². The first-order chi connectivity index (χ1) is 19.0. The maximum absolute atomic E-state index is 12.0. The molecule has 0 radical (unpaired) electrons. The number of esters is 2. The number of hydrogen-bond acceptors (Lipinski definition) is 6. The Bertz CT molecular complexity index is 833. The lowest BCUT2D eigenvalue weighted by molar-refractivity contribution is -0.156. The van der Waals surface area contributed by atoms with Gasteiger partial charge in [0.1, 0.15) is 0 Å². The zero-order chi connectivity index (χ0) is 28.6. The molecule has 0 aliphatic heterocycles. The van der Waals surface area contributed by atoms with Gasteiger partial charge < -0.3 is 19.3 Å². The van der Waals surface area contributed by atoms with E-state index in [4.69, 9.17) is 14.2 Å². The molecule has 0 saturated heterocycles. The van der Waals surface area contributed by atoms with E-state index in [1.54, 1.807) is 12.1 Å². The third-order valence-electron chi connectivity index (χ3n) is 6.77. The Morgan fingerprint density at radius 2 is 1.18 bits per heavy atom. The smallest absolute Gasteiger partial charge is 0.338 e. The van der Waals surface area contributed by atoms with E-state index in [2.05, 4.69) is 19.1 Å². The van der Waals surface area contributed by atoms with Gasteiger partial charge in [0.25, 0.3) is 0 Å². The maximum Gasteiger partial charge on any atom is 0.338 e. The van der Waals surface area contributed by atoms with Crippen molar-refractivity contribution in [3.05, 3.63) is 35.9 Å². The van der Waals surface area contributed by atoms with E-state index in [1.165, 1.54) is 116 Å². The highest BCUT2D eigenvalue weighted by Crippen LogP contribution is 2.37. The lowest BCUT2D eigenvalue weighted by Gasteiger charge is -2.09. The fraction of sp³-hybridized carbons (Fsp3) is 0.636. The van der Waals surface area contributed by atoms with Gasteiger partial charge in [-0.15, -0.1) is 0 Å². The minimum absolute atomic E-state index is 0.118. The van der Waals surface area contributed by atoms with Crippen molar-refractivity contribution in [3.63, 3.8) is 0 Å². The molecule has 1 N–H and O–H groups in total. The minimum Gasteiger partial charge on any atom is -0.502 e. The van der Waals surface area contributed by atoms with E-state index in [1.807, 2.05) is 0 Å². The molecule has 0 aliphatic rings. The predicted molar refractivity (Wildman–Crippen MR) is 159 cm³/mol. The topological polar surface area (TPSA) is 82.1 Å². The summed E-state index contributed by atoms with van der Waals surface area (Å²) >= 11 is 0. The Morgan fingerprint density at radius 1 is 0.718 bits per heavy atom. The van der Waals surface area contributed by atoms with Gasteiger partial charge in [-0.05, 0) is 55.9 Å². The summed E-state index contributed by atoms with van der Waals surface area (Å²) in [6.45, 7) is 2.26. The van der Waals surface area contributed by atoms with Gasteiger partial charge in [0.2, 0.25) is 5.75 Å². The highest BCUT2D eigenvalue weighted by Gasteiger charge is 2.11. The van der Waals surface area contributed by atoms with E-state index in [-0.39, 0.29) is 23.7 Å². The van der Waals surface area contributed by atoms with Crippen molar-refractivity contribution in [2.45, 2.75) is 122 Å². The normalized spacial score (nSPS) is 11.4. The minimum atomic E-state index is -0.723. The van der Waals surface area contributed by atoms with Gasteiger partial charge in [-0.3, -0.25) is 4.79 Å². The zero-order valence-electron chi connectivity index (χ0n) is 24.7. The average molecular weight is 545 g/mol. The Morgan fingerprint density at radius 3 is 1.67 bits per heavy atom. The lowest BCUT2D eigenvalue weighted by atomic mass is 10.1. The molecule has 6 nitrogen and oxygen atoms in total. The molecular formula is C33H52O6. The fourth-order valence-corrected chi connectivity index (χ4v) is 4.42. The predicted octanol–water partition coefficient (Wildman–Crippen LogP) is 9.09. The highest BCUT2D eigenvalue weighted by atomic mass is 16.6.